The van der Waals surface area contributed by atoms with Crippen LogP contribution in [-0.2, 0) is 4.74 Å². The molecule has 0 bridgehead atoms. The quantitative estimate of drug-likeness (QED) is 0.732. The lowest BCUT2D eigenvalue weighted by molar-refractivity contribution is -0.108. The van der Waals surface area contributed by atoms with E-state index in [0.717, 1.165) is 32.5 Å². The van der Waals surface area contributed by atoms with Gasteiger partial charge in [-0.1, -0.05) is 20.8 Å². The summed E-state index contributed by atoms with van der Waals surface area (Å²) in [4.78, 5) is 0. The molecule has 0 saturated carbocycles. The fourth-order valence-corrected chi connectivity index (χ4v) is 2.30. The first-order valence-corrected chi connectivity index (χ1v) is 5.41. The first-order chi connectivity index (χ1) is 6.11. The molecule has 78 valence electrons. The van der Waals surface area contributed by atoms with Crippen LogP contribution in [0.4, 0.5) is 0 Å². The van der Waals surface area contributed by atoms with Gasteiger partial charge in [-0.15, -0.1) is 0 Å². The summed E-state index contributed by atoms with van der Waals surface area (Å²) >= 11 is 0. The monoisotopic (exact) mass is 186 g/mol. The summed E-state index contributed by atoms with van der Waals surface area (Å²) in [5.41, 5.74) is -0.513. The van der Waals surface area contributed by atoms with E-state index in [0.29, 0.717) is 11.8 Å². The maximum atomic E-state index is 10.4. The zero-order valence-electron chi connectivity index (χ0n) is 9.05. The number of hydrogen-bond donors (Lipinski definition) is 1. The van der Waals surface area contributed by atoms with Gasteiger partial charge in [-0.05, 0) is 25.2 Å². The zero-order valence-corrected chi connectivity index (χ0v) is 9.05. The van der Waals surface area contributed by atoms with Crippen molar-refractivity contribution in [3.05, 3.63) is 0 Å². The van der Waals surface area contributed by atoms with Gasteiger partial charge in [0.25, 0.3) is 0 Å². The minimum Gasteiger partial charge on any atom is -0.389 e. The van der Waals surface area contributed by atoms with Crippen LogP contribution >= 0.6 is 0 Å². The molecular weight excluding hydrogens is 164 g/mol. The zero-order chi connectivity index (χ0) is 9.90. The maximum Gasteiger partial charge on any atom is 0.0717 e. The molecule has 2 heteroatoms. The molecule has 13 heavy (non-hydrogen) atoms. The lowest BCUT2D eigenvalue weighted by Crippen LogP contribution is -2.46. The van der Waals surface area contributed by atoms with Crippen molar-refractivity contribution in [2.24, 2.45) is 11.8 Å². The highest BCUT2D eigenvalue weighted by Crippen LogP contribution is 2.34. The molecule has 0 aromatic carbocycles. The van der Waals surface area contributed by atoms with E-state index in [4.69, 9.17) is 4.74 Å². The summed E-state index contributed by atoms with van der Waals surface area (Å²) in [7, 11) is 0. The van der Waals surface area contributed by atoms with Crippen molar-refractivity contribution >= 4 is 0 Å². The molecular formula is C11H22O2. The Hall–Kier alpha value is -0.0800. The van der Waals surface area contributed by atoms with Crippen LogP contribution in [0.15, 0.2) is 0 Å². The molecule has 0 spiro atoms. The molecule has 0 aliphatic carbocycles. The molecule has 1 rings (SSSR count). The number of hydrogen-bond acceptors (Lipinski definition) is 2. The van der Waals surface area contributed by atoms with Crippen molar-refractivity contribution < 1.29 is 9.84 Å². The Kier molecular flexibility index (Phi) is 3.74. The number of aliphatic hydroxyl groups is 1. The van der Waals surface area contributed by atoms with E-state index in [9.17, 15) is 5.11 Å². The Morgan fingerprint density at radius 1 is 1.54 bits per heavy atom. The summed E-state index contributed by atoms with van der Waals surface area (Å²) in [6, 6.07) is 0. The Bertz CT molecular complexity index is 150. The standard InChI is InChI=1S/C11H22O2/c1-4-11(12,9(2)3)10-6-5-7-13-8-10/h9-10,12H,4-8H2,1-3H3. The predicted molar refractivity (Wildman–Crippen MR) is 53.6 cm³/mol. The summed E-state index contributed by atoms with van der Waals surface area (Å²) < 4.78 is 5.42. The van der Waals surface area contributed by atoms with Gasteiger partial charge in [-0.2, -0.15) is 0 Å². The van der Waals surface area contributed by atoms with Crippen molar-refractivity contribution in [2.45, 2.75) is 45.6 Å². The van der Waals surface area contributed by atoms with Crippen LogP contribution in [0.3, 0.4) is 0 Å². The van der Waals surface area contributed by atoms with Crippen molar-refractivity contribution in [3.8, 4) is 0 Å². The SMILES string of the molecule is CCC(O)(C(C)C)C1CCCOC1. The van der Waals surface area contributed by atoms with Crippen LogP contribution in [0.2, 0.25) is 0 Å². The largest absolute Gasteiger partial charge is 0.389 e. The summed E-state index contributed by atoms with van der Waals surface area (Å²) in [5.74, 6) is 0.662. The van der Waals surface area contributed by atoms with E-state index in [-0.39, 0.29) is 0 Å². The maximum absolute atomic E-state index is 10.4. The number of rotatable bonds is 3. The van der Waals surface area contributed by atoms with Crippen LogP contribution < -0.4 is 0 Å². The molecule has 1 N–H and O–H groups in total. The van der Waals surface area contributed by atoms with Crippen LogP contribution in [0.25, 0.3) is 0 Å². The average Bonchev–Trinajstić information content (AvgIpc) is 2.17. The fourth-order valence-electron chi connectivity index (χ4n) is 2.30. The van der Waals surface area contributed by atoms with E-state index in [1.807, 2.05) is 0 Å². The Balaban J connectivity index is 2.62. The van der Waals surface area contributed by atoms with Gasteiger partial charge in [0.15, 0.2) is 0 Å². The van der Waals surface area contributed by atoms with E-state index in [1.54, 1.807) is 0 Å². The van der Waals surface area contributed by atoms with Crippen molar-refractivity contribution in [1.82, 2.24) is 0 Å². The van der Waals surface area contributed by atoms with Crippen LogP contribution in [-0.4, -0.2) is 23.9 Å². The highest BCUT2D eigenvalue weighted by molar-refractivity contribution is 4.89. The molecule has 0 aromatic heterocycles. The molecule has 2 atom stereocenters. The van der Waals surface area contributed by atoms with Crippen molar-refractivity contribution in [2.75, 3.05) is 13.2 Å². The third-order valence-electron chi connectivity index (χ3n) is 3.43. The second-order valence-corrected chi connectivity index (χ2v) is 4.41. The smallest absolute Gasteiger partial charge is 0.0717 e. The molecule has 1 heterocycles. The molecule has 1 aliphatic rings. The lowest BCUT2D eigenvalue weighted by Gasteiger charge is -2.40. The van der Waals surface area contributed by atoms with E-state index >= 15 is 0 Å². The molecule has 1 saturated heterocycles. The second kappa shape index (κ2) is 4.43. The Labute approximate surface area is 81.3 Å². The van der Waals surface area contributed by atoms with Gasteiger partial charge in [0.1, 0.15) is 0 Å². The highest BCUT2D eigenvalue weighted by Gasteiger charge is 2.38. The van der Waals surface area contributed by atoms with Gasteiger partial charge in [0.2, 0.25) is 0 Å². The molecule has 1 fully saturated rings. The lowest BCUT2D eigenvalue weighted by atomic mass is 9.74. The third-order valence-corrected chi connectivity index (χ3v) is 3.43. The highest BCUT2D eigenvalue weighted by atomic mass is 16.5. The number of ether oxygens (including phenoxy) is 1. The van der Waals surface area contributed by atoms with Gasteiger partial charge in [-0.3, -0.25) is 0 Å². The van der Waals surface area contributed by atoms with Gasteiger partial charge in [0.05, 0.1) is 12.2 Å². The summed E-state index contributed by atoms with van der Waals surface area (Å²) in [6.45, 7) is 7.86. The van der Waals surface area contributed by atoms with E-state index in [2.05, 4.69) is 20.8 Å². The molecule has 2 nitrogen and oxygen atoms in total. The first kappa shape index (κ1) is 11.0. The normalized spacial score (nSPS) is 28.8. The fraction of sp³-hybridized carbons (Fsp3) is 1.00. The van der Waals surface area contributed by atoms with E-state index < -0.39 is 5.60 Å². The third kappa shape index (κ3) is 2.23. The topological polar surface area (TPSA) is 29.5 Å². The van der Waals surface area contributed by atoms with Gasteiger partial charge in [-0.25, -0.2) is 0 Å². The molecule has 0 aromatic rings. The van der Waals surface area contributed by atoms with Gasteiger partial charge >= 0.3 is 0 Å². The molecule has 0 amide bonds. The predicted octanol–water partition coefficient (Wildman–Crippen LogP) is 2.21. The van der Waals surface area contributed by atoms with Gasteiger partial charge in [0, 0.05) is 12.5 Å². The minimum atomic E-state index is -0.513. The molecule has 2 unspecified atom stereocenters. The second-order valence-electron chi connectivity index (χ2n) is 4.41. The van der Waals surface area contributed by atoms with Gasteiger partial charge < -0.3 is 9.84 Å². The Morgan fingerprint density at radius 3 is 2.62 bits per heavy atom. The van der Waals surface area contributed by atoms with Crippen LogP contribution in [0.1, 0.15) is 40.0 Å². The average molecular weight is 186 g/mol. The summed E-state index contributed by atoms with van der Waals surface area (Å²) in [5, 5.41) is 10.4. The minimum absolute atomic E-state index is 0.323. The van der Waals surface area contributed by atoms with Crippen molar-refractivity contribution in [1.29, 1.82) is 0 Å². The Morgan fingerprint density at radius 2 is 2.23 bits per heavy atom. The molecule has 0 radical (unpaired) electrons. The van der Waals surface area contributed by atoms with E-state index in [1.165, 1.54) is 0 Å². The summed E-state index contributed by atoms with van der Waals surface area (Å²) in [6.07, 6.45) is 3.04. The van der Waals surface area contributed by atoms with Crippen LogP contribution in [0, 0.1) is 11.8 Å². The van der Waals surface area contributed by atoms with Crippen molar-refractivity contribution in [3.63, 3.8) is 0 Å². The van der Waals surface area contributed by atoms with Crippen LogP contribution in [0.5, 0.6) is 0 Å². The first-order valence-electron chi connectivity index (χ1n) is 5.41. The molecule has 1 aliphatic heterocycles.